The molecule has 0 aliphatic heterocycles. The van der Waals surface area contributed by atoms with E-state index >= 15 is 0 Å². The van der Waals surface area contributed by atoms with E-state index in [0.717, 1.165) is 4.57 Å². The van der Waals surface area contributed by atoms with Gasteiger partial charge in [-0.05, 0) is 25.5 Å². The summed E-state index contributed by atoms with van der Waals surface area (Å²) in [6.07, 6.45) is -2.21. The van der Waals surface area contributed by atoms with Gasteiger partial charge in [0.2, 0.25) is 0 Å². The summed E-state index contributed by atoms with van der Waals surface area (Å²) in [6.45, 7) is 3.14. The lowest BCUT2D eigenvalue weighted by Gasteiger charge is -2.14. The molecule has 4 aromatic rings. The number of para-hydroxylation sites is 1. The molecule has 9 heteroatoms. The van der Waals surface area contributed by atoms with Gasteiger partial charge in [-0.25, -0.2) is 19.0 Å². The van der Waals surface area contributed by atoms with Crippen LogP contribution in [0.4, 0.5) is 9.59 Å². The number of esters is 1. The molecule has 4 rings (SSSR count). The van der Waals surface area contributed by atoms with Crippen molar-refractivity contribution in [1.82, 2.24) is 9.55 Å². The van der Waals surface area contributed by atoms with Crippen molar-refractivity contribution >= 4 is 40.2 Å². The number of ether oxygens (including phenoxy) is 3. The maximum atomic E-state index is 13.6. The highest BCUT2D eigenvalue weighted by Gasteiger charge is 2.30. The smallest absolute Gasteiger partial charge is 0.449 e. The predicted octanol–water partition coefficient (Wildman–Crippen LogP) is 4.47. The second-order valence-electron chi connectivity index (χ2n) is 6.92. The first-order valence-electron chi connectivity index (χ1n) is 10.3. The molecule has 0 saturated heterocycles. The number of carbonyl (C=O) groups is 3. The Hall–Kier alpha value is -4.40. The van der Waals surface area contributed by atoms with Gasteiger partial charge in [0.05, 0.1) is 24.2 Å². The molecule has 0 saturated carbocycles. The van der Waals surface area contributed by atoms with E-state index in [0.29, 0.717) is 22.0 Å². The zero-order chi connectivity index (χ0) is 23.5. The molecule has 2 heterocycles. The average molecular weight is 448 g/mol. The number of H-pyrrole nitrogens is 1. The lowest BCUT2D eigenvalue weighted by Crippen LogP contribution is -2.34. The molecule has 0 amide bonds. The molecule has 0 spiro atoms. The molecule has 2 aromatic carbocycles. The van der Waals surface area contributed by atoms with Crippen LogP contribution in [-0.2, 0) is 14.2 Å². The molecule has 2 aromatic heterocycles. The van der Waals surface area contributed by atoms with Crippen LogP contribution in [0.2, 0.25) is 0 Å². The van der Waals surface area contributed by atoms with Crippen molar-refractivity contribution < 1.29 is 28.6 Å². The van der Waals surface area contributed by atoms with Gasteiger partial charge in [0.1, 0.15) is 5.56 Å². The number of fused-ring (bicyclic) bond motifs is 3. The van der Waals surface area contributed by atoms with E-state index in [4.69, 9.17) is 9.47 Å². The van der Waals surface area contributed by atoms with Crippen LogP contribution in [0.5, 0.6) is 0 Å². The summed E-state index contributed by atoms with van der Waals surface area (Å²) < 4.78 is 15.3. The maximum absolute atomic E-state index is 13.6. The van der Waals surface area contributed by atoms with Crippen molar-refractivity contribution in [2.24, 2.45) is 0 Å². The minimum atomic E-state index is -1.25. The third-order valence-corrected chi connectivity index (χ3v) is 4.97. The Morgan fingerprint density at radius 3 is 2.27 bits per heavy atom. The molecule has 9 nitrogen and oxygen atoms in total. The number of nitrogens with zero attached hydrogens (tertiary/aromatic N) is 1. The molecular formula is C24H20N2O7. The zero-order valence-corrected chi connectivity index (χ0v) is 17.9. The Kier molecular flexibility index (Phi) is 5.95. The van der Waals surface area contributed by atoms with Crippen LogP contribution in [0.25, 0.3) is 33.1 Å². The first kappa shape index (κ1) is 21.8. The first-order valence-corrected chi connectivity index (χ1v) is 10.3. The highest BCUT2D eigenvalue weighted by Crippen LogP contribution is 2.34. The highest BCUT2D eigenvalue weighted by molar-refractivity contribution is 6.16. The maximum Gasteiger partial charge on any atom is 0.516 e. The van der Waals surface area contributed by atoms with Gasteiger partial charge in [0.25, 0.3) is 5.56 Å². The van der Waals surface area contributed by atoms with Crippen LogP contribution in [0, 0.1) is 0 Å². The second kappa shape index (κ2) is 8.99. The van der Waals surface area contributed by atoms with Gasteiger partial charge >= 0.3 is 18.2 Å². The fourth-order valence-corrected chi connectivity index (χ4v) is 3.70. The highest BCUT2D eigenvalue weighted by atomic mass is 16.7. The number of hydrogen-bond acceptors (Lipinski definition) is 7. The van der Waals surface area contributed by atoms with Crippen LogP contribution in [0.15, 0.2) is 59.4 Å². The number of rotatable bonds is 4. The fraction of sp³-hybridized carbons (Fsp3) is 0.167. The Labute approximate surface area is 187 Å². The van der Waals surface area contributed by atoms with Gasteiger partial charge in [-0.15, -0.1) is 0 Å². The quantitative estimate of drug-likeness (QED) is 0.362. The van der Waals surface area contributed by atoms with Gasteiger partial charge < -0.3 is 19.2 Å². The Morgan fingerprint density at radius 2 is 1.58 bits per heavy atom. The van der Waals surface area contributed by atoms with Crippen LogP contribution >= 0.6 is 0 Å². The van der Waals surface area contributed by atoms with Crippen LogP contribution in [0.1, 0.15) is 24.2 Å². The molecule has 0 bridgehead atoms. The molecule has 0 atom stereocenters. The number of carbonyl (C=O) groups excluding carboxylic acids is 3. The van der Waals surface area contributed by atoms with Crippen molar-refractivity contribution in [3.05, 3.63) is 70.5 Å². The lowest BCUT2D eigenvalue weighted by molar-refractivity contribution is 0.0400. The average Bonchev–Trinajstić information content (AvgIpc) is 3.18. The van der Waals surface area contributed by atoms with Gasteiger partial charge in [-0.2, -0.15) is 0 Å². The van der Waals surface area contributed by atoms with E-state index in [9.17, 15) is 19.2 Å². The SMILES string of the molecule is CCOC(=O)OC(=O)c1c(-c2ccccc2)c2[nH]c3ccccc3c2n(C(=O)OCC)c1=O. The van der Waals surface area contributed by atoms with E-state index in [1.54, 1.807) is 68.4 Å². The second-order valence-corrected chi connectivity index (χ2v) is 6.92. The number of aromatic nitrogens is 2. The summed E-state index contributed by atoms with van der Waals surface area (Å²) in [7, 11) is 0. The molecular weight excluding hydrogens is 428 g/mol. The van der Waals surface area contributed by atoms with Crippen molar-refractivity contribution in [3.63, 3.8) is 0 Å². The summed E-state index contributed by atoms with van der Waals surface area (Å²) >= 11 is 0. The molecule has 1 N–H and O–H groups in total. The van der Waals surface area contributed by atoms with Crippen LogP contribution in [-0.4, -0.2) is 41.0 Å². The van der Waals surface area contributed by atoms with Crippen molar-refractivity contribution in [2.75, 3.05) is 13.2 Å². The van der Waals surface area contributed by atoms with Gasteiger partial charge in [0, 0.05) is 16.5 Å². The summed E-state index contributed by atoms with van der Waals surface area (Å²) in [5.41, 5.74) is 0.462. The number of hydrogen-bond donors (Lipinski definition) is 1. The lowest BCUT2D eigenvalue weighted by atomic mass is 9.99. The predicted molar refractivity (Wildman–Crippen MR) is 120 cm³/mol. The number of benzene rings is 2. The van der Waals surface area contributed by atoms with E-state index in [1.165, 1.54) is 0 Å². The largest absolute Gasteiger partial charge is 0.516 e. The van der Waals surface area contributed by atoms with Crippen LogP contribution < -0.4 is 5.56 Å². The zero-order valence-electron chi connectivity index (χ0n) is 17.9. The van der Waals surface area contributed by atoms with Gasteiger partial charge in [-0.3, -0.25) is 4.79 Å². The normalized spacial score (nSPS) is 10.8. The summed E-state index contributed by atoms with van der Waals surface area (Å²) in [4.78, 5) is 54.5. The summed E-state index contributed by atoms with van der Waals surface area (Å²) in [5, 5.41) is 0.583. The van der Waals surface area contributed by atoms with Crippen molar-refractivity contribution in [3.8, 4) is 11.1 Å². The minimum Gasteiger partial charge on any atom is -0.449 e. The topological polar surface area (TPSA) is 117 Å². The van der Waals surface area contributed by atoms with Crippen molar-refractivity contribution in [2.45, 2.75) is 13.8 Å². The Bertz CT molecular complexity index is 1430. The van der Waals surface area contributed by atoms with Gasteiger partial charge in [0.15, 0.2) is 0 Å². The van der Waals surface area contributed by atoms with Gasteiger partial charge in [-0.1, -0.05) is 48.5 Å². The summed E-state index contributed by atoms with van der Waals surface area (Å²) in [6, 6.07) is 15.7. The molecule has 33 heavy (non-hydrogen) atoms. The Morgan fingerprint density at radius 1 is 0.909 bits per heavy atom. The first-order chi connectivity index (χ1) is 16.0. The third kappa shape index (κ3) is 3.84. The molecule has 0 fully saturated rings. The molecule has 168 valence electrons. The molecule has 0 unspecified atom stereocenters. The van der Waals surface area contributed by atoms with E-state index in [-0.39, 0.29) is 24.3 Å². The van der Waals surface area contributed by atoms with E-state index in [2.05, 4.69) is 9.72 Å². The number of nitrogens with one attached hydrogen (secondary N) is 1. The number of pyridine rings is 1. The third-order valence-electron chi connectivity index (χ3n) is 4.97. The van der Waals surface area contributed by atoms with Crippen LogP contribution in [0.3, 0.4) is 0 Å². The molecule has 0 aliphatic rings. The molecule has 0 radical (unpaired) electrons. The minimum absolute atomic E-state index is 0.0121. The molecule has 0 aliphatic carbocycles. The van der Waals surface area contributed by atoms with E-state index in [1.807, 2.05) is 0 Å². The fourth-order valence-electron chi connectivity index (χ4n) is 3.70. The standard InChI is InChI=1S/C24H20N2O7/c1-3-31-23(29)26-20-15-12-8-9-13-16(15)25-19(20)17(14-10-6-5-7-11-14)18(21(26)27)22(28)33-24(30)32-4-2/h5-13,25H,3-4H2,1-2H3. The van der Waals surface area contributed by atoms with Crippen molar-refractivity contribution in [1.29, 1.82) is 0 Å². The van der Waals surface area contributed by atoms with E-state index < -0.39 is 29.3 Å². The number of aromatic amines is 1. The summed E-state index contributed by atoms with van der Waals surface area (Å²) in [5.74, 6) is -1.24. The monoisotopic (exact) mass is 448 g/mol. The Balaban J connectivity index is 2.15.